The predicted octanol–water partition coefficient (Wildman–Crippen LogP) is 5.56. The van der Waals surface area contributed by atoms with Crippen LogP contribution in [0.5, 0.6) is 0 Å². The fourth-order valence-corrected chi connectivity index (χ4v) is 3.07. The molecule has 0 radical (unpaired) electrons. The second-order valence-electron chi connectivity index (χ2n) is 5.50. The highest BCUT2D eigenvalue weighted by molar-refractivity contribution is 14.1. The predicted molar refractivity (Wildman–Crippen MR) is 101 cm³/mol. The number of anilines is 1. The first-order valence-corrected chi connectivity index (χ1v) is 8.46. The SMILES string of the molecule is Cc1cc(I)ccc1NC(=O)c1cc(-c2ccc(F)cc2)oc1C. The van der Waals surface area contributed by atoms with Gasteiger partial charge in [0.25, 0.3) is 5.91 Å². The van der Waals surface area contributed by atoms with Crippen molar-refractivity contribution in [3.05, 3.63) is 74.8 Å². The first-order valence-electron chi connectivity index (χ1n) is 7.38. The number of halogens is 2. The monoisotopic (exact) mass is 435 g/mol. The van der Waals surface area contributed by atoms with Crippen LogP contribution in [0, 0.1) is 23.2 Å². The molecule has 0 aliphatic heterocycles. The second-order valence-corrected chi connectivity index (χ2v) is 6.75. The van der Waals surface area contributed by atoms with Gasteiger partial charge in [0, 0.05) is 14.8 Å². The Bertz CT molecular complexity index is 900. The van der Waals surface area contributed by atoms with Crippen molar-refractivity contribution in [2.45, 2.75) is 13.8 Å². The number of furan rings is 1. The van der Waals surface area contributed by atoms with Crippen molar-refractivity contribution in [1.82, 2.24) is 0 Å². The van der Waals surface area contributed by atoms with E-state index < -0.39 is 0 Å². The van der Waals surface area contributed by atoms with E-state index in [-0.39, 0.29) is 11.7 Å². The lowest BCUT2D eigenvalue weighted by molar-refractivity contribution is 0.102. The Morgan fingerprint density at radius 1 is 1.08 bits per heavy atom. The van der Waals surface area contributed by atoms with Gasteiger partial charge < -0.3 is 9.73 Å². The summed E-state index contributed by atoms with van der Waals surface area (Å²) >= 11 is 2.23. The highest BCUT2D eigenvalue weighted by atomic mass is 127. The molecule has 3 nitrogen and oxygen atoms in total. The van der Waals surface area contributed by atoms with Crippen LogP contribution in [-0.2, 0) is 0 Å². The van der Waals surface area contributed by atoms with E-state index in [0.29, 0.717) is 17.1 Å². The number of amides is 1. The molecule has 122 valence electrons. The van der Waals surface area contributed by atoms with Crippen molar-refractivity contribution in [2.24, 2.45) is 0 Å². The molecule has 0 atom stereocenters. The summed E-state index contributed by atoms with van der Waals surface area (Å²) < 4.78 is 19.8. The van der Waals surface area contributed by atoms with E-state index in [1.54, 1.807) is 25.1 Å². The van der Waals surface area contributed by atoms with Gasteiger partial charge in [-0.05, 0) is 90.5 Å². The minimum absolute atomic E-state index is 0.228. The maximum atomic E-state index is 13.0. The van der Waals surface area contributed by atoms with Gasteiger partial charge in [-0.25, -0.2) is 4.39 Å². The van der Waals surface area contributed by atoms with E-state index >= 15 is 0 Å². The van der Waals surface area contributed by atoms with Crippen molar-refractivity contribution in [1.29, 1.82) is 0 Å². The molecule has 3 rings (SSSR count). The van der Waals surface area contributed by atoms with Gasteiger partial charge in [-0.15, -0.1) is 0 Å². The maximum absolute atomic E-state index is 13.0. The number of benzene rings is 2. The van der Waals surface area contributed by atoms with Crippen molar-refractivity contribution in [3.63, 3.8) is 0 Å². The van der Waals surface area contributed by atoms with E-state index in [0.717, 1.165) is 20.4 Å². The van der Waals surface area contributed by atoms with Crippen molar-refractivity contribution < 1.29 is 13.6 Å². The van der Waals surface area contributed by atoms with Gasteiger partial charge in [0.15, 0.2) is 0 Å². The Balaban J connectivity index is 1.86. The summed E-state index contributed by atoms with van der Waals surface area (Å²) in [5.41, 5.74) is 2.95. The Hall–Kier alpha value is -2.15. The number of aryl methyl sites for hydroxylation is 2. The van der Waals surface area contributed by atoms with Crippen molar-refractivity contribution in [2.75, 3.05) is 5.32 Å². The largest absolute Gasteiger partial charge is 0.461 e. The summed E-state index contributed by atoms with van der Waals surface area (Å²) in [4.78, 5) is 12.5. The number of rotatable bonds is 3. The van der Waals surface area contributed by atoms with Gasteiger partial charge in [0.05, 0.1) is 5.56 Å². The zero-order valence-electron chi connectivity index (χ0n) is 13.2. The van der Waals surface area contributed by atoms with Gasteiger partial charge >= 0.3 is 0 Å². The molecule has 1 aromatic heterocycles. The lowest BCUT2D eigenvalue weighted by atomic mass is 10.1. The van der Waals surface area contributed by atoms with Crippen LogP contribution in [-0.4, -0.2) is 5.91 Å². The maximum Gasteiger partial charge on any atom is 0.259 e. The third kappa shape index (κ3) is 3.51. The minimum Gasteiger partial charge on any atom is -0.461 e. The molecule has 0 unspecified atom stereocenters. The summed E-state index contributed by atoms with van der Waals surface area (Å²) in [7, 11) is 0. The average Bonchev–Trinajstić information content (AvgIpc) is 2.93. The van der Waals surface area contributed by atoms with Crippen LogP contribution >= 0.6 is 22.6 Å². The van der Waals surface area contributed by atoms with Crippen LogP contribution in [0.2, 0.25) is 0 Å². The lowest BCUT2D eigenvalue weighted by Crippen LogP contribution is -2.13. The van der Waals surface area contributed by atoms with E-state index in [1.807, 2.05) is 25.1 Å². The normalized spacial score (nSPS) is 10.7. The van der Waals surface area contributed by atoms with E-state index in [2.05, 4.69) is 27.9 Å². The Kier molecular flexibility index (Phi) is 4.71. The molecule has 5 heteroatoms. The molecule has 1 amide bonds. The molecule has 0 aliphatic carbocycles. The molecular weight excluding hydrogens is 420 g/mol. The summed E-state index contributed by atoms with van der Waals surface area (Å²) in [5, 5.41) is 2.91. The first kappa shape index (κ1) is 16.7. The molecule has 0 spiro atoms. The van der Waals surface area contributed by atoms with Crippen LogP contribution < -0.4 is 5.32 Å². The average molecular weight is 435 g/mol. The lowest BCUT2D eigenvalue weighted by Gasteiger charge is -2.08. The van der Waals surface area contributed by atoms with Crippen molar-refractivity contribution >= 4 is 34.2 Å². The van der Waals surface area contributed by atoms with Crippen LogP contribution in [0.1, 0.15) is 21.7 Å². The molecule has 0 saturated heterocycles. The molecule has 0 aliphatic rings. The third-order valence-corrected chi connectivity index (χ3v) is 4.40. The Morgan fingerprint density at radius 2 is 1.79 bits per heavy atom. The second kappa shape index (κ2) is 6.76. The van der Waals surface area contributed by atoms with Crippen LogP contribution in [0.4, 0.5) is 10.1 Å². The minimum atomic E-state index is -0.311. The third-order valence-electron chi connectivity index (χ3n) is 3.73. The number of nitrogens with one attached hydrogen (secondary N) is 1. The molecule has 1 N–H and O–H groups in total. The molecule has 2 aromatic carbocycles. The van der Waals surface area contributed by atoms with Crippen LogP contribution in [0.3, 0.4) is 0 Å². The topological polar surface area (TPSA) is 42.2 Å². The van der Waals surface area contributed by atoms with E-state index in [1.165, 1.54) is 12.1 Å². The molecule has 1 heterocycles. The fraction of sp³-hybridized carbons (Fsp3) is 0.105. The highest BCUT2D eigenvalue weighted by Gasteiger charge is 2.17. The molecule has 24 heavy (non-hydrogen) atoms. The summed E-state index contributed by atoms with van der Waals surface area (Å²) in [5.74, 6) is 0.523. The van der Waals surface area contributed by atoms with Crippen LogP contribution in [0.15, 0.2) is 52.9 Å². The van der Waals surface area contributed by atoms with Gasteiger partial charge in [-0.1, -0.05) is 0 Å². The van der Waals surface area contributed by atoms with Gasteiger partial charge in [0.2, 0.25) is 0 Å². The molecule has 3 aromatic rings. The summed E-state index contributed by atoms with van der Waals surface area (Å²) in [6.45, 7) is 3.69. The quantitative estimate of drug-likeness (QED) is 0.548. The zero-order valence-corrected chi connectivity index (χ0v) is 15.3. The standard InChI is InChI=1S/C19H15FINO2/c1-11-9-15(21)7-8-17(11)22-19(23)16-10-18(24-12(16)2)13-3-5-14(20)6-4-13/h3-10H,1-2H3,(H,22,23). The number of hydrogen-bond acceptors (Lipinski definition) is 2. The summed E-state index contributed by atoms with van der Waals surface area (Å²) in [6.07, 6.45) is 0. The number of hydrogen-bond donors (Lipinski definition) is 1. The zero-order chi connectivity index (χ0) is 17.3. The van der Waals surface area contributed by atoms with Gasteiger partial charge in [-0.2, -0.15) is 0 Å². The van der Waals surface area contributed by atoms with Crippen molar-refractivity contribution in [3.8, 4) is 11.3 Å². The summed E-state index contributed by atoms with van der Waals surface area (Å²) in [6, 6.07) is 13.5. The molecule has 0 fully saturated rings. The molecule has 0 saturated carbocycles. The van der Waals surface area contributed by atoms with Crippen LogP contribution in [0.25, 0.3) is 11.3 Å². The molecule has 0 bridgehead atoms. The fourth-order valence-electron chi connectivity index (χ4n) is 2.42. The molecular formula is C19H15FINO2. The van der Waals surface area contributed by atoms with Gasteiger partial charge in [-0.3, -0.25) is 4.79 Å². The van der Waals surface area contributed by atoms with Gasteiger partial charge in [0.1, 0.15) is 17.3 Å². The smallest absolute Gasteiger partial charge is 0.259 e. The highest BCUT2D eigenvalue weighted by Crippen LogP contribution is 2.27. The number of carbonyl (C=O) groups is 1. The van der Waals surface area contributed by atoms with E-state index in [4.69, 9.17) is 4.42 Å². The van der Waals surface area contributed by atoms with E-state index in [9.17, 15) is 9.18 Å². The first-order chi connectivity index (χ1) is 11.4. The number of carbonyl (C=O) groups excluding carboxylic acids is 1. The Labute approximate surface area is 153 Å². The Morgan fingerprint density at radius 3 is 2.46 bits per heavy atom.